The predicted molar refractivity (Wildman–Crippen MR) is 114 cm³/mol. The second-order valence-electron chi connectivity index (χ2n) is 6.20. The zero-order chi connectivity index (χ0) is 20.5. The van der Waals surface area contributed by atoms with E-state index >= 15 is 0 Å². The maximum Gasteiger partial charge on any atom is 0.335 e. The summed E-state index contributed by atoms with van der Waals surface area (Å²) < 4.78 is 6.71. The Morgan fingerprint density at radius 1 is 1.07 bits per heavy atom. The highest BCUT2D eigenvalue weighted by Crippen LogP contribution is 2.26. The maximum absolute atomic E-state index is 12.7. The fourth-order valence-corrected chi connectivity index (χ4v) is 3.22. The van der Waals surface area contributed by atoms with Crippen molar-refractivity contribution in [1.29, 1.82) is 0 Å². The average molecular weight is 500 g/mol. The van der Waals surface area contributed by atoms with Gasteiger partial charge in [-0.25, -0.2) is 9.80 Å². The minimum atomic E-state index is -1.04. The summed E-state index contributed by atoms with van der Waals surface area (Å²) in [5.74, 6) is -1.31. The van der Waals surface area contributed by atoms with Crippen LogP contribution in [0.3, 0.4) is 0 Å². The molecule has 1 aromatic heterocycles. The molecule has 144 valence electrons. The van der Waals surface area contributed by atoms with Crippen molar-refractivity contribution in [3.05, 3.63) is 81.1 Å². The zero-order valence-corrected chi connectivity index (χ0v) is 16.9. The Bertz CT molecular complexity index is 1160. The van der Waals surface area contributed by atoms with Crippen LogP contribution < -0.4 is 10.4 Å². The number of amides is 2. The van der Waals surface area contributed by atoms with Gasteiger partial charge in [-0.05, 0) is 77.2 Å². The van der Waals surface area contributed by atoms with E-state index < -0.39 is 17.8 Å². The molecule has 1 saturated heterocycles. The maximum atomic E-state index is 12.7. The number of halogens is 1. The van der Waals surface area contributed by atoms with Crippen LogP contribution in [0, 0.1) is 3.57 Å². The number of hydrogen-bond donors (Lipinski definition) is 2. The van der Waals surface area contributed by atoms with E-state index in [-0.39, 0.29) is 11.1 Å². The molecule has 2 heterocycles. The summed E-state index contributed by atoms with van der Waals surface area (Å²) in [4.78, 5) is 36.1. The lowest BCUT2D eigenvalue weighted by Crippen LogP contribution is -2.35. The van der Waals surface area contributed by atoms with Crippen molar-refractivity contribution >= 4 is 52.1 Å². The number of hydrogen-bond acceptors (Lipinski definition) is 4. The lowest BCUT2D eigenvalue weighted by Gasteiger charge is -2.14. The van der Waals surface area contributed by atoms with Crippen LogP contribution in [-0.4, -0.2) is 22.9 Å². The molecule has 3 aromatic rings. The van der Waals surface area contributed by atoms with E-state index in [0.717, 1.165) is 3.57 Å². The third kappa shape index (κ3) is 3.79. The Morgan fingerprint density at radius 3 is 2.55 bits per heavy atom. The molecule has 0 spiro atoms. The van der Waals surface area contributed by atoms with Gasteiger partial charge < -0.3 is 9.52 Å². The minimum absolute atomic E-state index is 0.0521. The standard InChI is InChI=1S/C21H13IN2O5/c22-14-4-6-15(7-5-14)24-20(26)17(19(25)23-24)11-16-8-9-18(29-16)12-2-1-3-13(10-12)21(27)28/h1-11H,(H,23,25)(H,27,28). The smallest absolute Gasteiger partial charge is 0.335 e. The third-order valence-electron chi connectivity index (χ3n) is 4.28. The van der Waals surface area contributed by atoms with E-state index in [1.807, 2.05) is 12.1 Å². The number of aromatic carboxylic acids is 1. The summed E-state index contributed by atoms with van der Waals surface area (Å²) in [6, 6.07) is 16.7. The van der Waals surface area contributed by atoms with Gasteiger partial charge in [0.05, 0.1) is 11.3 Å². The molecule has 4 rings (SSSR count). The first-order valence-corrected chi connectivity index (χ1v) is 9.56. The quantitative estimate of drug-likeness (QED) is 0.323. The number of nitrogens with zero attached hydrogens (tertiary/aromatic N) is 1. The molecular formula is C21H13IN2O5. The van der Waals surface area contributed by atoms with Crippen LogP contribution in [0.25, 0.3) is 17.4 Å². The van der Waals surface area contributed by atoms with Crippen molar-refractivity contribution in [2.45, 2.75) is 0 Å². The number of hydrazine groups is 1. The highest BCUT2D eigenvalue weighted by atomic mass is 127. The number of anilines is 1. The Labute approximate surface area is 178 Å². The average Bonchev–Trinajstić information content (AvgIpc) is 3.29. The molecule has 1 aliphatic rings. The van der Waals surface area contributed by atoms with Gasteiger partial charge in [0.15, 0.2) is 0 Å². The molecule has 0 unspecified atom stereocenters. The molecule has 0 atom stereocenters. The van der Waals surface area contributed by atoms with Crippen molar-refractivity contribution < 1.29 is 23.9 Å². The second-order valence-corrected chi connectivity index (χ2v) is 7.45. The highest BCUT2D eigenvalue weighted by molar-refractivity contribution is 14.1. The molecule has 1 fully saturated rings. The Hall–Kier alpha value is -3.40. The predicted octanol–water partition coefficient (Wildman–Crippen LogP) is 3.71. The van der Waals surface area contributed by atoms with E-state index in [1.54, 1.807) is 36.4 Å². The summed E-state index contributed by atoms with van der Waals surface area (Å²) in [5.41, 5.74) is 3.75. The Morgan fingerprint density at radius 2 is 1.83 bits per heavy atom. The highest BCUT2D eigenvalue weighted by Gasteiger charge is 2.34. The molecule has 2 amide bonds. The minimum Gasteiger partial charge on any atom is -0.478 e. The van der Waals surface area contributed by atoms with Gasteiger partial charge in [-0.15, -0.1) is 0 Å². The van der Waals surface area contributed by atoms with Gasteiger partial charge >= 0.3 is 5.97 Å². The molecule has 29 heavy (non-hydrogen) atoms. The molecule has 0 aliphatic carbocycles. The summed E-state index contributed by atoms with van der Waals surface area (Å²) >= 11 is 2.15. The van der Waals surface area contributed by atoms with Crippen LogP contribution in [0.4, 0.5) is 5.69 Å². The number of carbonyl (C=O) groups excluding carboxylic acids is 2. The van der Waals surface area contributed by atoms with Crippen LogP contribution in [0.1, 0.15) is 16.1 Å². The van der Waals surface area contributed by atoms with Crippen LogP contribution in [0.5, 0.6) is 0 Å². The number of carbonyl (C=O) groups is 3. The molecule has 0 radical (unpaired) electrons. The third-order valence-corrected chi connectivity index (χ3v) is 5.00. The number of benzene rings is 2. The van der Waals surface area contributed by atoms with Crippen molar-refractivity contribution in [3.8, 4) is 11.3 Å². The molecule has 1 aliphatic heterocycles. The lowest BCUT2D eigenvalue weighted by molar-refractivity contribution is -0.117. The van der Waals surface area contributed by atoms with Gasteiger partial charge in [-0.1, -0.05) is 12.1 Å². The fourth-order valence-electron chi connectivity index (χ4n) is 2.86. The molecule has 7 nitrogen and oxygen atoms in total. The molecule has 0 bridgehead atoms. The Kier molecular flexibility index (Phi) is 4.93. The van der Waals surface area contributed by atoms with Gasteiger partial charge in [0.1, 0.15) is 17.1 Å². The lowest BCUT2D eigenvalue weighted by atomic mass is 10.1. The number of nitrogens with one attached hydrogen (secondary N) is 1. The molecular weight excluding hydrogens is 487 g/mol. The van der Waals surface area contributed by atoms with Crippen LogP contribution in [0.2, 0.25) is 0 Å². The number of carboxylic acids is 1. The summed E-state index contributed by atoms with van der Waals surface area (Å²) in [6.07, 6.45) is 1.37. The number of furan rings is 1. The molecule has 8 heteroatoms. The van der Waals surface area contributed by atoms with Gasteiger partial charge in [-0.2, -0.15) is 0 Å². The summed E-state index contributed by atoms with van der Waals surface area (Å²) in [6.45, 7) is 0. The van der Waals surface area contributed by atoms with Gasteiger partial charge in [0.2, 0.25) is 0 Å². The van der Waals surface area contributed by atoms with Crippen molar-refractivity contribution in [2.75, 3.05) is 5.01 Å². The largest absolute Gasteiger partial charge is 0.478 e. The van der Waals surface area contributed by atoms with Gasteiger partial charge in [0, 0.05) is 9.13 Å². The first-order valence-electron chi connectivity index (χ1n) is 8.48. The van der Waals surface area contributed by atoms with Crippen molar-refractivity contribution in [1.82, 2.24) is 5.43 Å². The first kappa shape index (κ1) is 18.9. The fraction of sp³-hybridized carbons (Fsp3) is 0. The van der Waals surface area contributed by atoms with E-state index in [0.29, 0.717) is 22.8 Å². The summed E-state index contributed by atoms with van der Waals surface area (Å²) in [7, 11) is 0. The molecule has 0 saturated carbocycles. The number of rotatable bonds is 4. The SMILES string of the molecule is O=C1NN(c2ccc(I)cc2)C(=O)C1=Cc1ccc(-c2cccc(C(=O)O)c2)o1. The zero-order valence-electron chi connectivity index (χ0n) is 14.8. The van der Waals surface area contributed by atoms with Gasteiger partial charge in [-0.3, -0.25) is 15.0 Å². The van der Waals surface area contributed by atoms with Crippen LogP contribution in [0.15, 0.2) is 70.7 Å². The molecule has 2 aromatic carbocycles. The normalized spacial score (nSPS) is 15.1. The second kappa shape index (κ2) is 7.55. The van der Waals surface area contributed by atoms with Crippen molar-refractivity contribution in [3.63, 3.8) is 0 Å². The van der Waals surface area contributed by atoms with Crippen LogP contribution in [-0.2, 0) is 9.59 Å². The van der Waals surface area contributed by atoms with Crippen molar-refractivity contribution in [2.24, 2.45) is 0 Å². The topological polar surface area (TPSA) is 99.9 Å². The summed E-state index contributed by atoms with van der Waals surface area (Å²) in [5, 5.41) is 10.3. The first-order chi connectivity index (χ1) is 13.9. The van der Waals surface area contributed by atoms with Crippen LogP contribution >= 0.6 is 22.6 Å². The van der Waals surface area contributed by atoms with E-state index in [4.69, 9.17) is 9.52 Å². The number of carboxylic acid groups (broad SMARTS) is 1. The van der Waals surface area contributed by atoms with E-state index in [1.165, 1.54) is 23.2 Å². The monoisotopic (exact) mass is 500 g/mol. The molecule has 2 N–H and O–H groups in total. The van der Waals surface area contributed by atoms with Gasteiger partial charge in [0.25, 0.3) is 11.8 Å². The van der Waals surface area contributed by atoms with E-state index in [9.17, 15) is 14.4 Å². The van der Waals surface area contributed by atoms with E-state index in [2.05, 4.69) is 28.0 Å². The Balaban J connectivity index is 1.61.